The minimum absolute atomic E-state index is 0.284. The van der Waals surface area contributed by atoms with Crippen LogP contribution in [-0.2, 0) is 10.3 Å². The third-order valence-electron chi connectivity index (χ3n) is 4.64. The first-order valence-electron chi connectivity index (χ1n) is 8.74. The van der Waals surface area contributed by atoms with Gasteiger partial charge in [0.1, 0.15) is 13.4 Å². The molecule has 1 unspecified atom stereocenters. The summed E-state index contributed by atoms with van der Waals surface area (Å²) in [5, 5.41) is 0. The lowest BCUT2D eigenvalue weighted by Gasteiger charge is -2.26. The summed E-state index contributed by atoms with van der Waals surface area (Å²) in [5.41, 5.74) is 2.22. The van der Waals surface area contributed by atoms with Crippen molar-refractivity contribution in [1.82, 2.24) is 0 Å². The van der Waals surface area contributed by atoms with Crippen molar-refractivity contribution < 1.29 is 9.53 Å². The molecule has 126 valence electrons. The normalized spacial score (nSPS) is 12.9. The van der Waals surface area contributed by atoms with Crippen molar-refractivity contribution in [2.24, 2.45) is 5.92 Å². The third kappa shape index (κ3) is 4.28. The van der Waals surface area contributed by atoms with Gasteiger partial charge in [-0.1, -0.05) is 62.6 Å². The van der Waals surface area contributed by atoms with Crippen LogP contribution in [0.4, 0.5) is 0 Å². The van der Waals surface area contributed by atoms with Gasteiger partial charge in [0.2, 0.25) is 0 Å². The summed E-state index contributed by atoms with van der Waals surface area (Å²) in [7, 11) is 2.20. The molecule has 0 fully saturated rings. The molecule has 2 rings (SSSR count). The van der Waals surface area contributed by atoms with Gasteiger partial charge in [-0.2, -0.15) is 0 Å². The Morgan fingerprint density at radius 3 is 2.12 bits per heavy atom. The van der Waals surface area contributed by atoms with E-state index in [1.165, 1.54) is 5.56 Å². The lowest BCUT2D eigenvalue weighted by Crippen LogP contribution is -2.25. The lowest BCUT2D eigenvalue weighted by atomic mass is 9.78. The number of rotatable bonds is 6. The van der Waals surface area contributed by atoms with Gasteiger partial charge in [-0.25, -0.2) is 4.79 Å². The van der Waals surface area contributed by atoms with E-state index in [9.17, 15) is 4.79 Å². The molecule has 0 aliphatic rings. The monoisotopic (exact) mass is 322 g/mol. The highest BCUT2D eigenvalue weighted by Crippen LogP contribution is 2.29. The van der Waals surface area contributed by atoms with Crippen LogP contribution in [0.25, 0.3) is 0 Å². The summed E-state index contributed by atoms with van der Waals surface area (Å²) in [6.45, 7) is 8.30. The zero-order chi connectivity index (χ0) is 17.7. The zero-order valence-corrected chi connectivity index (χ0v) is 15.4. The average molecular weight is 322 g/mol. The Morgan fingerprint density at radius 1 is 1.04 bits per heavy atom. The molecule has 1 atom stereocenters. The molecule has 2 aromatic rings. The van der Waals surface area contributed by atoms with Crippen LogP contribution in [-0.4, -0.2) is 13.8 Å². The summed E-state index contributed by atoms with van der Waals surface area (Å²) < 4.78 is 5.75. The molecule has 0 saturated heterocycles. The van der Waals surface area contributed by atoms with E-state index in [-0.39, 0.29) is 5.97 Å². The summed E-state index contributed by atoms with van der Waals surface area (Å²) in [5.74, 6) is 0.827. The van der Waals surface area contributed by atoms with E-state index in [4.69, 9.17) is 4.74 Å². The second-order valence-corrected chi connectivity index (χ2v) is 7.15. The second-order valence-electron chi connectivity index (χ2n) is 7.15. The minimum Gasteiger partial charge on any atom is -0.451 e. The second kappa shape index (κ2) is 7.70. The maximum Gasteiger partial charge on any atom is 0.338 e. The Labute approximate surface area is 146 Å². The Kier molecular flexibility index (Phi) is 5.87. The highest BCUT2D eigenvalue weighted by molar-refractivity contribution is 6.09. The molecule has 0 heterocycles. The van der Waals surface area contributed by atoms with Crippen LogP contribution < -0.4 is 0 Å². The maximum absolute atomic E-state index is 12.5. The number of carbonyl (C=O) groups excluding carboxylic acids is 1. The van der Waals surface area contributed by atoms with E-state index >= 15 is 0 Å². The van der Waals surface area contributed by atoms with Crippen molar-refractivity contribution in [1.29, 1.82) is 0 Å². The number of hydrogen-bond donors (Lipinski definition) is 0. The van der Waals surface area contributed by atoms with Gasteiger partial charge in [-0.15, -0.1) is 0 Å². The van der Waals surface area contributed by atoms with E-state index in [1.807, 2.05) is 56.3 Å². The Bertz CT molecular complexity index is 660. The van der Waals surface area contributed by atoms with Crippen molar-refractivity contribution in [3.8, 4) is 0 Å². The van der Waals surface area contributed by atoms with Gasteiger partial charge in [-0.3, -0.25) is 0 Å². The first kappa shape index (κ1) is 18.3. The largest absolute Gasteiger partial charge is 0.451 e. The van der Waals surface area contributed by atoms with Gasteiger partial charge >= 0.3 is 5.97 Å². The minimum atomic E-state index is -0.652. The smallest absolute Gasteiger partial charge is 0.338 e. The molecule has 24 heavy (non-hydrogen) atoms. The van der Waals surface area contributed by atoms with Gasteiger partial charge in [0.05, 0.1) is 5.56 Å². The van der Waals surface area contributed by atoms with E-state index < -0.39 is 5.60 Å². The topological polar surface area (TPSA) is 26.3 Å². The van der Waals surface area contributed by atoms with E-state index in [2.05, 4.69) is 33.8 Å². The number of hydrogen-bond acceptors (Lipinski definition) is 2. The highest BCUT2D eigenvalue weighted by Gasteiger charge is 2.26. The molecule has 2 nitrogen and oxygen atoms in total. The SMILES string of the molecule is BCC(c1ccc(C(=O)OC(C)(C)c2ccccc2)cc1)C(C)C. The molecular formula is C21H27BO2. The van der Waals surface area contributed by atoms with Crippen LogP contribution in [0.3, 0.4) is 0 Å². The maximum atomic E-state index is 12.5. The van der Waals surface area contributed by atoms with Crippen molar-refractivity contribution in [2.75, 3.05) is 0 Å². The molecule has 0 N–H and O–H groups in total. The lowest BCUT2D eigenvalue weighted by molar-refractivity contribution is -0.00312. The Hall–Kier alpha value is -2.03. The Morgan fingerprint density at radius 2 is 1.62 bits per heavy atom. The predicted octanol–water partition coefficient (Wildman–Crippen LogP) is 4.57. The van der Waals surface area contributed by atoms with Crippen molar-refractivity contribution >= 4 is 13.8 Å². The first-order valence-corrected chi connectivity index (χ1v) is 8.74. The molecule has 0 aliphatic carbocycles. The predicted molar refractivity (Wildman–Crippen MR) is 102 cm³/mol. The number of esters is 1. The fourth-order valence-electron chi connectivity index (χ4n) is 3.15. The molecule has 2 aromatic carbocycles. The molecule has 0 bridgehead atoms. The molecule has 0 aliphatic heterocycles. The number of ether oxygens (including phenoxy) is 1. The van der Waals surface area contributed by atoms with Crippen molar-refractivity contribution in [3.05, 3.63) is 71.3 Å². The van der Waals surface area contributed by atoms with E-state index in [0.717, 1.165) is 11.9 Å². The zero-order valence-electron chi connectivity index (χ0n) is 15.4. The van der Waals surface area contributed by atoms with Crippen LogP contribution in [0, 0.1) is 5.92 Å². The quantitative estimate of drug-likeness (QED) is 0.575. The van der Waals surface area contributed by atoms with Gasteiger partial charge < -0.3 is 4.74 Å². The van der Waals surface area contributed by atoms with Gasteiger partial charge in [0, 0.05) is 0 Å². The van der Waals surface area contributed by atoms with Crippen molar-refractivity contribution in [3.63, 3.8) is 0 Å². The average Bonchev–Trinajstić information content (AvgIpc) is 2.56. The number of benzene rings is 2. The molecule has 0 aromatic heterocycles. The van der Waals surface area contributed by atoms with Crippen molar-refractivity contribution in [2.45, 2.75) is 45.5 Å². The van der Waals surface area contributed by atoms with E-state index in [1.54, 1.807) is 0 Å². The standard InChI is InChI=1S/C21H27BO2/c1-15(2)19(14-22)16-10-12-17(13-11-16)20(23)24-21(3,4)18-8-6-5-7-9-18/h5-13,15,19H,14,22H2,1-4H3. The van der Waals surface area contributed by atoms with Gasteiger partial charge in [0.25, 0.3) is 0 Å². The molecule has 0 spiro atoms. The fraction of sp³-hybridized carbons (Fsp3) is 0.381. The number of carbonyl (C=O) groups is 1. The summed E-state index contributed by atoms with van der Waals surface area (Å²) >= 11 is 0. The van der Waals surface area contributed by atoms with E-state index in [0.29, 0.717) is 17.4 Å². The molecule has 3 heteroatoms. The summed E-state index contributed by atoms with van der Waals surface area (Å²) in [6, 6.07) is 17.7. The molecular weight excluding hydrogens is 295 g/mol. The van der Waals surface area contributed by atoms with Crippen LogP contribution in [0.5, 0.6) is 0 Å². The summed E-state index contributed by atoms with van der Waals surface area (Å²) in [4.78, 5) is 12.5. The van der Waals surface area contributed by atoms with Crippen LogP contribution in [0.2, 0.25) is 6.32 Å². The molecule has 0 radical (unpaired) electrons. The summed E-state index contributed by atoms with van der Waals surface area (Å²) in [6.07, 6.45) is 1.10. The Balaban J connectivity index is 2.13. The van der Waals surface area contributed by atoms with Crippen LogP contribution in [0.1, 0.15) is 55.1 Å². The highest BCUT2D eigenvalue weighted by atomic mass is 16.6. The van der Waals surface area contributed by atoms with Crippen LogP contribution >= 0.6 is 0 Å². The third-order valence-corrected chi connectivity index (χ3v) is 4.64. The van der Waals surface area contributed by atoms with Gasteiger partial charge in [0.15, 0.2) is 0 Å². The molecule has 0 saturated carbocycles. The fourth-order valence-corrected chi connectivity index (χ4v) is 3.15. The molecule has 0 amide bonds. The van der Waals surface area contributed by atoms with Gasteiger partial charge in [-0.05, 0) is 48.9 Å². The first-order chi connectivity index (χ1) is 11.3. The van der Waals surface area contributed by atoms with Crippen LogP contribution in [0.15, 0.2) is 54.6 Å².